The molecule has 1 atom stereocenters. The van der Waals surface area contributed by atoms with Gasteiger partial charge in [-0.15, -0.1) is 0 Å². The molecule has 4 heteroatoms. The number of hydrogen-bond acceptors (Lipinski definition) is 3. The summed E-state index contributed by atoms with van der Waals surface area (Å²) in [5.74, 6) is 0.429. The average molecular weight is 233 g/mol. The van der Waals surface area contributed by atoms with Gasteiger partial charge >= 0.3 is 0 Å². The van der Waals surface area contributed by atoms with Gasteiger partial charge in [0.25, 0.3) is 0 Å². The molecule has 0 heterocycles. The van der Waals surface area contributed by atoms with Gasteiger partial charge in [-0.2, -0.15) is 0 Å². The SMILES string of the molecule is CC(CC1CC1)Nc1ccc(C(N)=O)cc1N. The number of anilines is 2. The zero-order valence-corrected chi connectivity index (χ0v) is 10.1. The molecule has 0 spiro atoms. The van der Waals surface area contributed by atoms with Crippen molar-refractivity contribution in [3.05, 3.63) is 23.8 Å². The zero-order chi connectivity index (χ0) is 12.4. The van der Waals surface area contributed by atoms with Crippen LogP contribution < -0.4 is 16.8 Å². The van der Waals surface area contributed by atoms with Gasteiger partial charge < -0.3 is 16.8 Å². The smallest absolute Gasteiger partial charge is 0.248 e. The first-order valence-electron chi connectivity index (χ1n) is 6.02. The largest absolute Gasteiger partial charge is 0.397 e. The summed E-state index contributed by atoms with van der Waals surface area (Å²) >= 11 is 0. The number of nitrogen functional groups attached to an aromatic ring is 1. The number of nitrogens with one attached hydrogen (secondary N) is 1. The Morgan fingerprint density at radius 1 is 1.53 bits per heavy atom. The third-order valence-corrected chi connectivity index (χ3v) is 3.12. The van der Waals surface area contributed by atoms with Crippen molar-refractivity contribution < 1.29 is 4.79 Å². The first kappa shape index (κ1) is 11.8. The highest BCUT2D eigenvalue weighted by molar-refractivity contribution is 5.94. The monoisotopic (exact) mass is 233 g/mol. The van der Waals surface area contributed by atoms with E-state index >= 15 is 0 Å². The second-order valence-corrected chi connectivity index (χ2v) is 4.89. The van der Waals surface area contributed by atoms with E-state index in [2.05, 4.69) is 12.2 Å². The van der Waals surface area contributed by atoms with Crippen LogP contribution in [-0.4, -0.2) is 11.9 Å². The number of nitrogens with two attached hydrogens (primary N) is 2. The van der Waals surface area contributed by atoms with Crippen LogP contribution in [0.4, 0.5) is 11.4 Å². The molecule has 1 aliphatic carbocycles. The van der Waals surface area contributed by atoms with E-state index in [1.165, 1.54) is 19.3 Å². The first-order chi connectivity index (χ1) is 8.06. The summed E-state index contributed by atoms with van der Waals surface area (Å²) in [5.41, 5.74) is 13.0. The minimum atomic E-state index is -0.450. The molecule has 0 aromatic heterocycles. The quantitative estimate of drug-likeness (QED) is 0.680. The summed E-state index contributed by atoms with van der Waals surface area (Å²) in [6, 6.07) is 5.54. The predicted molar refractivity (Wildman–Crippen MR) is 69.8 cm³/mol. The Balaban J connectivity index is 2.02. The van der Waals surface area contributed by atoms with Gasteiger partial charge in [-0.25, -0.2) is 0 Å². The fourth-order valence-electron chi connectivity index (χ4n) is 2.03. The highest BCUT2D eigenvalue weighted by atomic mass is 16.1. The fourth-order valence-corrected chi connectivity index (χ4v) is 2.03. The maximum atomic E-state index is 11.0. The lowest BCUT2D eigenvalue weighted by Gasteiger charge is -2.16. The van der Waals surface area contributed by atoms with Crippen LogP contribution in [0.25, 0.3) is 0 Å². The maximum Gasteiger partial charge on any atom is 0.248 e. The Bertz CT molecular complexity index is 427. The molecule has 1 aliphatic rings. The van der Waals surface area contributed by atoms with Crippen LogP contribution in [0.5, 0.6) is 0 Å². The minimum Gasteiger partial charge on any atom is -0.397 e. The van der Waals surface area contributed by atoms with Crippen molar-refractivity contribution in [2.75, 3.05) is 11.1 Å². The highest BCUT2D eigenvalue weighted by Crippen LogP contribution is 2.34. The van der Waals surface area contributed by atoms with Crippen molar-refractivity contribution in [1.29, 1.82) is 0 Å². The number of rotatable bonds is 5. The van der Waals surface area contributed by atoms with Gasteiger partial charge in [0.1, 0.15) is 0 Å². The lowest BCUT2D eigenvalue weighted by Crippen LogP contribution is -2.17. The molecule has 1 fully saturated rings. The number of amides is 1. The van der Waals surface area contributed by atoms with E-state index in [4.69, 9.17) is 11.5 Å². The van der Waals surface area contributed by atoms with Crippen LogP contribution >= 0.6 is 0 Å². The summed E-state index contributed by atoms with van der Waals surface area (Å²) in [4.78, 5) is 11.0. The second kappa shape index (κ2) is 4.65. The van der Waals surface area contributed by atoms with Crippen LogP contribution in [0.15, 0.2) is 18.2 Å². The van der Waals surface area contributed by atoms with E-state index < -0.39 is 5.91 Å². The molecule has 1 unspecified atom stereocenters. The van der Waals surface area contributed by atoms with E-state index in [0.717, 1.165) is 11.6 Å². The Morgan fingerprint density at radius 3 is 2.76 bits per heavy atom. The third kappa shape index (κ3) is 3.12. The fraction of sp³-hybridized carbons (Fsp3) is 0.462. The van der Waals surface area contributed by atoms with Crippen molar-refractivity contribution in [1.82, 2.24) is 0 Å². The molecular weight excluding hydrogens is 214 g/mol. The number of benzene rings is 1. The van der Waals surface area contributed by atoms with Crippen molar-refractivity contribution in [3.8, 4) is 0 Å². The predicted octanol–water partition coefficient (Wildman–Crippen LogP) is 1.97. The summed E-state index contributed by atoms with van der Waals surface area (Å²) in [7, 11) is 0. The first-order valence-corrected chi connectivity index (χ1v) is 6.02. The van der Waals surface area contributed by atoms with Crippen LogP contribution in [-0.2, 0) is 0 Å². The van der Waals surface area contributed by atoms with Gasteiger partial charge in [0, 0.05) is 11.6 Å². The molecule has 17 heavy (non-hydrogen) atoms. The molecule has 0 bridgehead atoms. The molecule has 4 nitrogen and oxygen atoms in total. The van der Waals surface area contributed by atoms with Crippen molar-refractivity contribution in [2.24, 2.45) is 11.7 Å². The molecule has 1 aromatic rings. The Labute approximate surface area is 101 Å². The standard InChI is InChI=1S/C13H19N3O/c1-8(6-9-2-3-9)16-12-5-4-10(13(15)17)7-11(12)14/h4-5,7-9,16H,2-3,6,14H2,1H3,(H2,15,17). The van der Waals surface area contributed by atoms with Gasteiger partial charge in [-0.05, 0) is 37.5 Å². The van der Waals surface area contributed by atoms with Crippen LogP contribution in [0.1, 0.15) is 36.5 Å². The Morgan fingerprint density at radius 2 is 2.24 bits per heavy atom. The average Bonchev–Trinajstić information content (AvgIpc) is 3.04. The molecule has 1 aromatic carbocycles. The second-order valence-electron chi connectivity index (χ2n) is 4.89. The van der Waals surface area contributed by atoms with Crippen molar-refractivity contribution in [2.45, 2.75) is 32.2 Å². The van der Waals surface area contributed by atoms with E-state index in [1.54, 1.807) is 12.1 Å². The van der Waals surface area contributed by atoms with Crippen LogP contribution in [0.2, 0.25) is 0 Å². The third-order valence-electron chi connectivity index (χ3n) is 3.12. The number of carbonyl (C=O) groups is 1. The Hall–Kier alpha value is -1.71. The lowest BCUT2D eigenvalue weighted by atomic mass is 10.1. The molecule has 0 radical (unpaired) electrons. The molecule has 92 valence electrons. The van der Waals surface area contributed by atoms with Crippen molar-refractivity contribution in [3.63, 3.8) is 0 Å². The van der Waals surface area contributed by atoms with E-state index in [-0.39, 0.29) is 0 Å². The van der Waals surface area contributed by atoms with E-state index in [0.29, 0.717) is 17.3 Å². The van der Waals surface area contributed by atoms with Crippen LogP contribution in [0.3, 0.4) is 0 Å². The van der Waals surface area contributed by atoms with Gasteiger partial charge in [0.2, 0.25) is 5.91 Å². The number of primary amides is 1. The molecule has 1 amide bonds. The molecule has 5 N–H and O–H groups in total. The van der Waals surface area contributed by atoms with Crippen LogP contribution in [0, 0.1) is 5.92 Å². The van der Waals surface area contributed by atoms with Gasteiger partial charge in [-0.1, -0.05) is 12.8 Å². The van der Waals surface area contributed by atoms with Gasteiger partial charge in [0.15, 0.2) is 0 Å². The topological polar surface area (TPSA) is 81.1 Å². The Kier molecular flexibility index (Phi) is 3.22. The summed E-state index contributed by atoms with van der Waals surface area (Å²) in [6.45, 7) is 2.15. The number of carbonyl (C=O) groups excluding carboxylic acids is 1. The molecular formula is C13H19N3O. The van der Waals surface area contributed by atoms with Gasteiger partial charge in [0.05, 0.1) is 11.4 Å². The maximum absolute atomic E-state index is 11.0. The molecule has 0 saturated heterocycles. The summed E-state index contributed by atoms with van der Waals surface area (Å²) in [6.07, 6.45) is 3.88. The molecule has 0 aliphatic heterocycles. The molecule has 1 saturated carbocycles. The van der Waals surface area contributed by atoms with Crippen molar-refractivity contribution >= 4 is 17.3 Å². The summed E-state index contributed by atoms with van der Waals surface area (Å²) in [5, 5.41) is 3.37. The van der Waals surface area contributed by atoms with E-state index in [1.807, 2.05) is 6.07 Å². The minimum absolute atomic E-state index is 0.407. The normalized spacial score (nSPS) is 16.5. The van der Waals surface area contributed by atoms with E-state index in [9.17, 15) is 4.79 Å². The van der Waals surface area contributed by atoms with Gasteiger partial charge in [-0.3, -0.25) is 4.79 Å². The molecule has 2 rings (SSSR count). The lowest BCUT2D eigenvalue weighted by molar-refractivity contribution is 0.100. The zero-order valence-electron chi connectivity index (χ0n) is 10.1. The highest BCUT2D eigenvalue weighted by Gasteiger charge is 2.23. The summed E-state index contributed by atoms with van der Waals surface area (Å²) < 4.78 is 0. The number of hydrogen-bond donors (Lipinski definition) is 3.